The van der Waals surface area contributed by atoms with Crippen molar-refractivity contribution in [3.63, 3.8) is 0 Å². The van der Waals surface area contributed by atoms with Crippen LogP contribution in [0.15, 0.2) is 46.0 Å². The van der Waals surface area contributed by atoms with Gasteiger partial charge in [-0.1, -0.05) is 18.2 Å². The Morgan fingerprint density at radius 1 is 1.08 bits per heavy atom. The summed E-state index contributed by atoms with van der Waals surface area (Å²) >= 11 is 2.67. The SMILES string of the molecule is Cc1nc(CNC(=O)Cc2csc(NS(=O)(=O)c3ccccc3)n2)cs1. The molecular weight excluding hydrogens is 392 g/mol. The molecule has 3 aromatic rings. The van der Waals surface area contributed by atoms with E-state index in [0.29, 0.717) is 12.2 Å². The average Bonchev–Trinajstić information content (AvgIpc) is 3.22. The molecule has 0 aliphatic rings. The van der Waals surface area contributed by atoms with Crippen LogP contribution in [0.1, 0.15) is 16.4 Å². The highest BCUT2D eigenvalue weighted by atomic mass is 32.2. The van der Waals surface area contributed by atoms with E-state index in [1.165, 1.54) is 23.5 Å². The minimum atomic E-state index is -3.68. The fraction of sp³-hybridized carbons (Fsp3) is 0.188. The minimum Gasteiger partial charge on any atom is -0.350 e. The first kappa shape index (κ1) is 18.5. The van der Waals surface area contributed by atoms with Crippen LogP contribution in [-0.2, 0) is 27.8 Å². The zero-order valence-corrected chi connectivity index (χ0v) is 16.2. The van der Waals surface area contributed by atoms with E-state index in [1.807, 2.05) is 12.3 Å². The predicted molar refractivity (Wildman–Crippen MR) is 102 cm³/mol. The van der Waals surface area contributed by atoms with Gasteiger partial charge in [0.15, 0.2) is 5.13 Å². The van der Waals surface area contributed by atoms with Gasteiger partial charge in [0.05, 0.1) is 34.3 Å². The van der Waals surface area contributed by atoms with Gasteiger partial charge >= 0.3 is 0 Å². The lowest BCUT2D eigenvalue weighted by Gasteiger charge is -2.04. The van der Waals surface area contributed by atoms with Crippen molar-refractivity contribution < 1.29 is 13.2 Å². The molecule has 0 saturated heterocycles. The molecule has 1 amide bonds. The maximum Gasteiger partial charge on any atom is 0.263 e. The van der Waals surface area contributed by atoms with E-state index < -0.39 is 10.0 Å². The topological polar surface area (TPSA) is 101 Å². The third kappa shape index (κ3) is 4.87. The van der Waals surface area contributed by atoms with E-state index in [-0.39, 0.29) is 22.4 Å². The zero-order chi connectivity index (χ0) is 18.6. The second kappa shape index (κ2) is 7.94. The van der Waals surface area contributed by atoms with Crippen molar-refractivity contribution in [3.05, 3.63) is 57.5 Å². The number of anilines is 1. The Labute approximate surface area is 159 Å². The minimum absolute atomic E-state index is 0.0761. The molecule has 0 aliphatic heterocycles. The number of nitrogens with one attached hydrogen (secondary N) is 2. The molecule has 10 heteroatoms. The van der Waals surface area contributed by atoms with Gasteiger partial charge in [-0.2, -0.15) is 0 Å². The van der Waals surface area contributed by atoms with Crippen molar-refractivity contribution >= 4 is 43.7 Å². The molecule has 2 N–H and O–H groups in total. The number of rotatable bonds is 7. The molecule has 0 bridgehead atoms. The van der Waals surface area contributed by atoms with Gasteiger partial charge in [0.25, 0.3) is 10.0 Å². The number of carbonyl (C=O) groups excluding carboxylic acids is 1. The number of aryl methyl sites for hydroxylation is 1. The van der Waals surface area contributed by atoms with Crippen molar-refractivity contribution in [2.24, 2.45) is 0 Å². The first-order valence-electron chi connectivity index (χ1n) is 7.62. The third-order valence-electron chi connectivity index (χ3n) is 3.30. The molecule has 0 atom stereocenters. The number of sulfonamides is 1. The van der Waals surface area contributed by atoms with Crippen LogP contribution in [0.4, 0.5) is 5.13 Å². The molecule has 2 aromatic heterocycles. The van der Waals surface area contributed by atoms with Crippen LogP contribution in [0.5, 0.6) is 0 Å². The van der Waals surface area contributed by atoms with Crippen LogP contribution in [0.25, 0.3) is 0 Å². The molecule has 0 radical (unpaired) electrons. The Hall–Kier alpha value is -2.30. The number of hydrogen-bond acceptors (Lipinski definition) is 7. The van der Waals surface area contributed by atoms with Crippen LogP contribution >= 0.6 is 22.7 Å². The summed E-state index contributed by atoms with van der Waals surface area (Å²) in [7, 11) is -3.68. The Kier molecular flexibility index (Phi) is 5.64. The number of amides is 1. The van der Waals surface area contributed by atoms with E-state index in [2.05, 4.69) is 20.0 Å². The lowest BCUT2D eigenvalue weighted by molar-refractivity contribution is -0.120. The number of hydrogen-bond donors (Lipinski definition) is 2. The molecule has 0 unspecified atom stereocenters. The molecule has 0 saturated carbocycles. The lowest BCUT2D eigenvalue weighted by atomic mass is 10.3. The molecule has 136 valence electrons. The first-order valence-corrected chi connectivity index (χ1v) is 10.9. The van der Waals surface area contributed by atoms with Crippen LogP contribution in [0.2, 0.25) is 0 Å². The van der Waals surface area contributed by atoms with Gasteiger partial charge in [0, 0.05) is 10.8 Å². The van der Waals surface area contributed by atoms with Crippen molar-refractivity contribution in [3.8, 4) is 0 Å². The normalized spacial score (nSPS) is 11.3. The average molecular weight is 409 g/mol. The van der Waals surface area contributed by atoms with Gasteiger partial charge in [-0.05, 0) is 19.1 Å². The van der Waals surface area contributed by atoms with Crippen LogP contribution in [0.3, 0.4) is 0 Å². The quantitative estimate of drug-likeness (QED) is 0.626. The smallest absolute Gasteiger partial charge is 0.263 e. The molecule has 0 spiro atoms. The molecule has 7 nitrogen and oxygen atoms in total. The summed E-state index contributed by atoms with van der Waals surface area (Å²) in [5, 5.41) is 7.51. The summed E-state index contributed by atoms with van der Waals surface area (Å²) in [5.41, 5.74) is 1.32. The first-order chi connectivity index (χ1) is 12.4. The Bertz CT molecular complexity index is 997. The summed E-state index contributed by atoms with van der Waals surface area (Å²) in [6.45, 7) is 2.27. The summed E-state index contributed by atoms with van der Waals surface area (Å²) in [6, 6.07) is 8.05. The van der Waals surface area contributed by atoms with Crippen molar-refractivity contribution in [2.45, 2.75) is 24.8 Å². The molecule has 1 aromatic carbocycles. The van der Waals surface area contributed by atoms with E-state index in [1.54, 1.807) is 23.6 Å². The largest absolute Gasteiger partial charge is 0.350 e. The maximum atomic E-state index is 12.3. The van der Waals surface area contributed by atoms with Gasteiger partial charge in [-0.15, -0.1) is 22.7 Å². The number of aromatic nitrogens is 2. The summed E-state index contributed by atoms with van der Waals surface area (Å²) in [4.78, 5) is 20.6. The second-order valence-electron chi connectivity index (χ2n) is 5.37. The number of nitrogens with zero attached hydrogens (tertiary/aromatic N) is 2. The van der Waals surface area contributed by atoms with Gasteiger partial charge < -0.3 is 5.32 Å². The number of thiazole rings is 2. The van der Waals surface area contributed by atoms with Gasteiger partial charge in [0.1, 0.15) is 0 Å². The third-order valence-corrected chi connectivity index (χ3v) is 6.41. The molecule has 26 heavy (non-hydrogen) atoms. The summed E-state index contributed by atoms with van der Waals surface area (Å²) in [6.07, 6.45) is 0.0761. The fourth-order valence-corrected chi connectivity index (χ4v) is 4.71. The van der Waals surface area contributed by atoms with Gasteiger partial charge in [-0.25, -0.2) is 18.4 Å². The number of benzene rings is 1. The lowest BCUT2D eigenvalue weighted by Crippen LogP contribution is -2.24. The molecule has 2 heterocycles. The van der Waals surface area contributed by atoms with E-state index in [9.17, 15) is 13.2 Å². The van der Waals surface area contributed by atoms with Crippen molar-refractivity contribution in [1.29, 1.82) is 0 Å². The summed E-state index contributed by atoms with van der Waals surface area (Å²) < 4.78 is 27.0. The van der Waals surface area contributed by atoms with E-state index >= 15 is 0 Å². The molecular formula is C16H16N4O3S3. The van der Waals surface area contributed by atoms with Gasteiger partial charge in [-0.3, -0.25) is 9.52 Å². The molecule has 0 fully saturated rings. The fourth-order valence-electron chi connectivity index (χ4n) is 2.11. The predicted octanol–water partition coefficient (Wildman–Crippen LogP) is 2.57. The second-order valence-corrected chi connectivity index (χ2v) is 8.98. The number of carbonyl (C=O) groups is 1. The van der Waals surface area contributed by atoms with Crippen LogP contribution in [0, 0.1) is 6.92 Å². The monoisotopic (exact) mass is 408 g/mol. The summed E-state index contributed by atoms with van der Waals surface area (Å²) in [5.74, 6) is -0.196. The van der Waals surface area contributed by atoms with Crippen LogP contribution < -0.4 is 10.0 Å². The van der Waals surface area contributed by atoms with Crippen molar-refractivity contribution in [1.82, 2.24) is 15.3 Å². The Morgan fingerprint density at radius 3 is 2.50 bits per heavy atom. The highest BCUT2D eigenvalue weighted by Crippen LogP contribution is 2.20. The highest BCUT2D eigenvalue weighted by Gasteiger charge is 2.16. The zero-order valence-electron chi connectivity index (χ0n) is 13.8. The molecule has 3 rings (SSSR count). The van der Waals surface area contributed by atoms with Crippen LogP contribution in [-0.4, -0.2) is 24.3 Å². The van der Waals surface area contributed by atoms with E-state index in [4.69, 9.17) is 0 Å². The Morgan fingerprint density at radius 2 is 1.81 bits per heavy atom. The van der Waals surface area contributed by atoms with Gasteiger partial charge in [0.2, 0.25) is 5.91 Å². The molecule has 0 aliphatic carbocycles. The van der Waals surface area contributed by atoms with Crippen molar-refractivity contribution in [2.75, 3.05) is 4.72 Å². The van der Waals surface area contributed by atoms with E-state index in [0.717, 1.165) is 22.0 Å². The Balaban J connectivity index is 1.56. The standard InChI is InChI=1S/C16H16N4O3S3/c1-11-18-13(10-24-11)8-17-15(21)7-12-9-25-16(19-12)20-26(22,23)14-5-3-2-4-6-14/h2-6,9-10H,7-8H2,1H3,(H,17,21)(H,19,20). The highest BCUT2D eigenvalue weighted by molar-refractivity contribution is 7.93. The maximum absolute atomic E-state index is 12.3.